The van der Waals surface area contributed by atoms with E-state index >= 15 is 0 Å². The zero-order valence-corrected chi connectivity index (χ0v) is 21.9. The Labute approximate surface area is 211 Å². The van der Waals surface area contributed by atoms with Crippen LogP contribution in [0.2, 0.25) is 0 Å². The first-order valence-electron chi connectivity index (χ1n) is 11.5. The highest BCUT2D eigenvalue weighted by Gasteiger charge is 2.60. The second-order valence-corrected chi connectivity index (χ2v) is 10.4. The summed E-state index contributed by atoms with van der Waals surface area (Å²) in [4.78, 5) is 45.6. The molecule has 12 heteroatoms. The van der Waals surface area contributed by atoms with Crippen molar-refractivity contribution in [2.75, 3.05) is 12.9 Å². The van der Waals surface area contributed by atoms with Crippen LogP contribution in [0, 0.1) is 11.8 Å². The van der Waals surface area contributed by atoms with Gasteiger partial charge in [0.1, 0.15) is 21.9 Å². The Hall–Kier alpha value is -2.57. The van der Waals surface area contributed by atoms with Crippen molar-refractivity contribution in [2.24, 2.45) is 11.8 Å². The minimum Gasteiger partial charge on any atom is -0.434 e. The van der Waals surface area contributed by atoms with Gasteiger partial charge in [-0.3, -0.25) is 9.20 Å². The quantitative estimate of drug-likeness (QED) is 0.173. The first-order valence-corrected chi connectivity index (χ1v) is 13.5. The molecule has 0 spiro atoms. The second kappa shape index (κ2) is 10.2. The number of carbonyl (C=O) groups is 3. The Morgan fingerprint density at radius 1 is 1.31 bits per heavy atom. The fraction of sp³-hybridized carbons (Fsp3) is 0.565. The Kier molecular flexibility index (Phi) is 7.43. The molecule has 0 aromatic carbocycles. The standard InChI is InChI=1S/C23H29N3O7S2/c1-6-7-8-31-23(30)33-13(4)32-22(29)18-15(11(2)17-16(12(3)27)20(28)26(17)18)14-9-25-10-24-19(34-5)21(25)35-14/h9-13,16-17,27H,6-8H2,1-5H3/t11-,12+,13?,16+,17+/m0/s1. The van der Waals surface area contributed by atoms with E-state index in [-0.39, 0.29) is 30.2 Å². The molecule has 1 fully saturated rings. The van der Waals surface area contributed by atoms with E-state index in [0.29, 0.717) is 12.0 Å². The molecule has 0 saturated carbocycles. The van der Waals surface area contributed by atoms with E-state index in [4.69, 9.17) is 14.2 Å². The molecular weight excluding hydrogens is 494 g/mol. The summed E-state index contributed by atoms with van der Waals surface area (Å²) in [6, 6.07) is -0.366. The average molecular weight is 524 g/mol. The zero-order valence-electron chi connectivity index (χ0n) is 20.2. The molecule has 35 heavy (non-hydrogen) atoms. The number of esters is 1. The van der Waals surface area contributed by atoms with Gasteiger partial charge in [0, 0.05) is 24.6 Å². The number of nitrogens with zero attached hydrogens (tertiary/aromatic N) is 3. The van der Waals surface area contributed by atoms with Crippen LogP contribution in [0.4, 0.5) is 4.79 Å². The molecule has 5 atom stereocenters. The molecule has 10 nitrogen and oxygen atoms in total. The van der Waals surface area contributed by atoms with Crippen molar-refractivity contribution in [3.05, 3.63) is 23.1 Å². The lowest BCUT2D eigenvalue weighted by Gasteiger charge is -2.46. The summed E-state index contributed by atoms with van der Waals surface area (Å²) < 4.78 is 17.3. The Bertz CT molecular complexity index is 1170. The van der Waals surface area contributed by atoms with Gasteiger partial charge in [0.15, 0.2) is 0 Å². The Balaban J connectivity index is 1.63. The number of aliphatic hydroxyl groups is 1. The molecule has 2 aliphatic heterocycles. The maximum atomic E-state index is 13.3. The molecule has 190 valence electrons. The van der Waals surface area contributed by atoms with Crippen molar-refractivity contribution in [1.82, 2.24) is 14.3 Å². The van der Waals surface area contributed by atoms with Gasteiger partial charge in [-0.25, -0.2) is 14.6 Å². The number of amides is 1. The monoisotopic (exact) mass is 523 g/mol. The third kappa shape index (κ3) is 4.54. The van der Waals surface area contributed by atoms with E-state index in [0.717, 1.165) is 21.2 Å². The molecule has 2 aromatic heterocycles. The van der Waals surface area contributed by atoms with E-state index in [1.807, 2.05) is 30.7 Å². The van der Waals surface area contributed by atoms with Gasteiger partial charge in [-0.2, -0.15) is 0 Å². The number of ether oxygens (including phenoxy) is 3. The van der Waals surface area contributed by atoms with E-state index in [1.165, 1.54) is 34.9 Å². The van der Waals surface area contributed by atoms with E-state index in [9.17, 15) is 19.5 Å². The van der Waals surface area contributed by atoms with Crippen LogP contribution in [0.15, 0.2) is 23.2 Å². The maximum Gasteiger partial charge on any atom is 0.511 e. The third-order valence-electron chi connectivity index (χ3n) is 6.26. The van der Waals surface area contributed by atoms with Gasteiger partial charge in [0.2, 0.25) is 12.2 Å². The summed E-state index contributed by atoms with van der Waals surface area (Å²) in [5.41, 5.74) is 0.775. The van der Waals surface area contributed by atoms with Gasteiger partial charge in [-0.1, -0.05) is 20.3 Å². The van der Waals surface area contributed by atoms with Gasteiger partial charge in [0.25, 0.3) is 0 Å². The number of aliphatic hydroxyl groups excluding tert-OH is 1. The molecule has 0 bridgehead atoms. The highest BCUT2D eigenvalue weighted by atomic mass is 32.2. The number of carbonyl (C=O) groups excluding carboxylic acids is 3. The summed E-state index contributed by atoms with van der Waals surface area (Å²) in [7, 11) is 0. The molecule has 2 aromatic rings. The summed E-state index contributed by atoms with van der Waals surface area (Å²) in [5.74, 6) is -1.94. The average Bonchev–Trinajstić information content (AvgIpc) is 3.43. The third-order valence-corrected chi connectivity index (χ3v) is 8.21. The maximum absolute atomic E-state index is 13.3. The first-order chi connectivity index (χ1) is 16.7. The van der Waals surface area contributed by atoms with Crippen molar-refractivity contribution in [3.8, 4) is 0 Å². The van der Waals surface area contributed by atoms with Crippen LogP contribution in [0.1, 0.15) is 45.4 Å². The predicted molar refractivity (Wildman–Crippen MR) is 130 cm³/mol. The number of imidazole rings is 1. The number of thiazole rings is 1. The summed E-state index contributed by atoms with van der Waals surface area (Å²) in [5, 5.41) is 11.1. The number of fused-ring (bicyclic) bond motifs is 2. The van der Waals surface area contributed by atoms with E-state index < -0.39 is 30.4 Å². The van der Waals surface area contributed by atoms with Gasteiger partial charge in [0.05, 0.1) is 29.5 Å². The smallest absolute Gasteiger partial charge is 0.434 e. The van der Waals surface area contributed by atoms with E-state index in [1.54, 1.807) is 13.3 Å². The van der Waals surface area contributed by atoms with Crippen LogP contribution in [0.3, 0.4) is 0 Å². The summed E-state index contributed by atoms with van der Waals surface area (Å²) in [6.07, 6.45) is 4.09. The van der Waals surface area contributed by atoms with Crippen molar-refractivity contribution < 1.29 is 33.7 Å². The topological polar surface area (TPSA) is 120 Å². The molecule has 1 unspecified atom stereocenters. The number of hydrogen-bond acceptors (Lipinski definition) is 10. The molecule has 4 heterocycles. The number of unbranched alkanes of at least 4 members (excludes halogenated alkanes) is 1. The number of thioether (sulfide) groups is 1. The van der Waals surface area contributed by atoms with E-state index in [2.05, 4.69) is 4.98 Å². The van der Waals surface area contributed by atoms with Crippen molar-refractivity contribution in [1.29, 1.82) is 0 Å². The normalized spacial score (nSPS) is 23.2. The fourth-order valence-corrected chi connectivity index (χ4v) is 6.55. The predicted octanol–water partition coefficient (Wildman–Crippen LogP) is 3.53. The minimum absolute atomic E-state index is 0.113. The molecule has 1 saturated heterocycles. The summed E-state index contributed by atoms with van der Waals surface area (Å²) in [6.45, 7) is 7.11. The second-order valence-electron chi connectivity index (χ2n) is 8.62. The van der Waals surface area contributed by atoms with Crippen molar-refractivity contribution >= 4 is 51.5 Å². The molecule has 2 aliphatic rings. The fourth-order valence-electron chi connectivity index (χ4n) is 4.63. The highest BCUT2D eigenvalue weighted by Crippen LogP contribution is 2.52. The largest absolute Gasteiger partial charge is 0.511 e. The molecule has 0 radical (unpaired) electrons. The lowest BCUT2D eigenvalue weighted by molar-refractivity contribution is -0.173. The van der Waals surface area contributed by atoms with Crippen LogP contribution in [0.25, 0.3) is 10.4 Å². The molecule has 1 amide bonds. The molecule has 0 aliphatic carbocycles. The van der Waals surface area contributed by atoms with Gasteiger partial charge < -0.3 is 24.2 Å². The number of rotatable bonds is 9. The van der Waals surface area contributed by atoms with Crippen molar-refractivity contribution in [3.63, 3.8) is 0 Å². The van der Waals surface area contributed by atoms with Gasteiger partial charge in [-0.15, -0.1) is 23.1 Å². The van der Waals surface area contributed by atoms with Crippen LogP contribution in [0.5, 0.6) is 0 Å². The zero-order chi connectivity index (χ0) is 25.4. The van der Waals surface area contributed by atoms with Gasteiger partial charge in [-0.05, 0) is 19.6 Å². The molecule has 1 N–H and O–H groups in total. The number of β-lactam (4-membered cyclic amide) rings is 1. The summed E-state index contributed by atoms with van der Waals surface area (Å²) >= 11 is 2.99. The first kappa shape index (κ1) is 25.5. The molecule has 4 rings (SSSR count). The van der Waals surface area contributed by atoms with Crippen LogP contribution in [-0.2, 0) is 23.8 Å². The Morgan fingerprint density at radius 2 is 2.06 bits per heavy atom. The van der Waals surface area contributed by atoms with Gasteiger partial charge >= 0.3 is 12.1 Å². The number of hydrogen-bond donors (Lipinski definition) is 1. The highest BCUT2D eigenvalue weighted by molar-refractivity contribution is 7.98. The Morgan fingerprint density at radius 3 is 2.71 bits per heavy atom. The minimum atomic E-state index is -1.21. The van der Waals surface area contributed by atoms with Crippen LogP contribution < -0.4 is 0 Å². The van der Waals surface area contributed by atoms with Crippen LogP contribution in [-0.4, -0.2) is 68.7 Å². The number of aromatic nitrogens is 2. The molecular formula is C23H29N3O7S2. The van der Waals surface area contributed by atoms with Crippen molar-refractivity contribution in [2.45, 2.75) is 64.0 Å². The SMILES string of the molecule is CCCCOC(=O)OC(C)OC(=O)C1=C(c2cn3cnc(SC)c3s2)[C@H](C)[C@@H]2[C@@H]([C@@H](C)O)C(=O)N12. The lowest BCUT2D eigenvalue weighted by atomic mass is 9.77. The van der Waals surface area contributed by atoms with Crippen LogP contribution >= 0.6 is 23.1 Å². The lowest BCUT2D eigenvalue weighted by Crippen LogP contribution is -2.63.